The number of rotatable bonds is 2. The minimum absolute atomic E-state index is 0.185. The highest BCUT2D eigenvalue weighted by Crippen LogP contribution is 2.35. The number of benzene rings is 1. The van der Waals surface area contributed by atoms with Gasteiger partial charge in [-0.3, -0.25) is 0 Å². The van der Waals surface area contributed by atoms with Gasteiger partial charge in [0.2, 0.25) is 0 Å². The summed E-state index contributed by atoms with van der Waals surface area (Å²) in [5.41, 5.74) is -0.00108. The van der Waals surface area contributed by atoms with E-state index in [2.05, 4.69) is 15.9 Å². The molecule has 1 heterocycles. The molecule has 0 aromatic heterocycles. The van der Waals surface area contributed by atoms with Gasteiger partial charge in [-0.15, -0.1) is 0 Å². The van der Waals surface area contributed by atoms with Crippen molar-refractivity contribution in [1.29, 1.82) is 5.26 Å². The Hall–Kier alpha value is -1.12. The lowest BCUT2D eigenvalue weighted by Gasteiger charge is -2.47. The third kappa shape index (κ3) is 2.03. The fourth-order valence-corrected chi connectivity index (χ4v) is 2.35. The predicted molar refractivity (Wildman–Crippen MR) is 66.3 cm³/mol. The number of hydrogen-bond donors (Lipinski definition) is 1. The van der Waals surface area contributed by atoms with Crippen LogP contribution >= 0.6 is 15.9 Å². The van der Waals surface area contributed by atoms with Crippen molar-refractivity contribution in [2.75, 3.05) is 18.0 Å². The molecule has 5 heteroatoms. The maximum Gasteiger partial charge on any atom is 0.161 e. The molecule has 0 radical (unpaired) electrons. The first-order valence-electron chi connectivity index (χ1n) is 5.36. The molecule has 0 spiro atoms. The Morgan fingerprint density at radius 1 is 1.59 bits per heavy atom. The Morgan fingerprint density at radius 2 is 2.24 bits per heavy atom. The van der Waals surface area contributed by atoms with Gasteiger partial charge >= 0.3 is 0 Å². The average molecular weight is 299 g/mol. The lowest BCUT2D eigenvalue weighted by Crippen LogP contribution is -2.61. The third-order valence-electron chi connectivity index (χ3n) is 3.15. The molecule has 90 valence electrons. The summed E-state index contributed by atoms with van der Waals surface area (Å²) in [5.74, 6) is -0.442. The van der Waals surface area contributed by atoms with E-state index in [0.717, 1.165) is 0 Å². The fourth-order valence-electron chi connectivity index (χ4n) is 1.93. The second-order valence-corrected chi connectivity index (χ2v) is 5.10. The molecule has 17 heavy (non-hydrogen) atoms. The third-order valence-corrected chi connectivity index (χ3v) is 3.93. The second kappa shape index (κ2) is 4.28. The summed E-state index contributed by atoms with van der Waals surface area (Å²) < 4.78 is 14.1. The predicted octanol–water partition coefficient (Wildman–Crippen LogP) is 2.42. The molecular weight excluding hydrogens is 287 g/mol. The molecule has 1 aliphatic heterocycles. The summed E-state index contributed by atoms with van der Waals surface area (Å²) in [5, 5.41) is 18.6. The molecule has 0 saturated carbocycles. The van der Waals surface area contributed by atoms with Crippen LogP contribution in [0.2, 0.25) is 0 Å². The standard InChI is InChI=1S/C12H12BrFN2O/c1-2-12(17)6-16(7-12)9-4-3-8(5-15)10(13)11(9)14/h3-4,17H,2,6-7H2,1H3. The largest absolute Gasteiger partial charge is 0.386 e. The quantitative estimate of drug-likeness (QED) is 0.912. The molecular formula is C12H12BrFN2O. The second-order valence-electron chi connectivity index (χ2n) is 4.31. The summed E-state index contributed by atoms with van der Waals surface area (Å²) in [6.45, 7) is 2.76. The van der Waals surface area contributed by atoms with Crippen LogP contribution in [-0.2, 0) is 0 Å². The van der Waals surface area contributed by atoms with Crippen molar-refractivity contribution in [3.05, 3.63) is 28.0 Å². The minimum atomic E-state index is -0.702. The van der Waals surface area contributed by atoms with Crippen LogP contribution in [0.1, 0.15) is 18.9 Å². The van der Waals surface area contributed by atoms with Crippen molar-refractivity contribution in [1.82, 2.24) is 0 Å². The normalized spacial score (nSPS) is 17.5. The molecule has 0 amide bonds. The molecule has 0 atom stereocenters. The van der Waals surface area contributed by atoms with Gasteiger partial charge in [0.25, 0.3) is 0 Å². The first kappa shape index (κ1) is 12.3. The molecule has 1 saturated heterocycles. The molecule has 1 N–H and O–H groups in total. The van der Waals surface area contributed by atoms with Gasteiger partial charge in [0.05, 0.1) is 21.3 Å². The highest BCUT2D eigenvalue weighted by molar-refractivity contribution is 9.10. The summed E-state index contributed by atoms with van der Waals surface area (Å²) in [7, 11) is 0. The van der Waals surface area contributed by atoms with Gasteiger partial charge in [-0.05, 0) is 34.5 Å². The molecule has 2 rings (SSSR count). The Labute approximate surface area is 108 Å². The van der Waals surface area contributed by atoms with E-state index in [9.17, 15) is 9.50 Å². The van der Waals surface area contributed by atoms with Crippen molar-refractivity contribution in [3.8, 4) is 6.07 Å². The van der Waals surface area contributed by atoms with Crippen LogP contribution in [0, 0.1) is 17.1 Å². The smallest absolute Gasteiger partial charge is 0.161 e. The summed E-state index contributed by atoms with van der Waals surface area (Å²) in [6.07, 6.45) is 0.655. The lowest BCUT2D eigenvalue weighted by atomic mass is 9.90. The van der Waals surface area contributed by atoms with E-state index in [0.29, 0.717) is 25.2 Å². The van der Waals surface area contributed by atoms with E-state index in [1.54, 1.807) is 17.0 Å². The Bertz CT molecular complexity index is 492. The zero-order valence-corrected chi connectivity index (χ0v) is 11.0. The number of nitrogens with zero attached hydrogens (tertiary/aromatic N) is 2. The van der Waals surface area contributed by atoms with E-state index >= 15 is 0 Å². The van der Waals surface area contributed by atoms with Crippen LogP contribution < -0.4 is 4.90 Å². The maximum atomic E-state index is 14.0. The molecule has 1 aromatic carbocycles. The van der Waals surface area contributed by atoms with E-state index < -0.39 is 11.4 Å². The van der Waals surface area contributed by atoms with Crippen LogP contribution in [0.5, 0.6) is 0 Å². The van der Waals surface area contributed by atoms with Crippen molar-refractivity contribution in [2.24, 2.45) is 0 Å². The Balaban J connectivity index is 2.26. The summed E-state index contributed by atoms with van der Waals surface area (Å²) in [6, 6.07) is 5.06. The van der Waals surface area contributed by atoms with Gasteiger partial charge in [0, 0.05) is 13.1 Å². The molecule has 1 fully saturated rings. The van der Waals surface area contributed by atoms with Crippen molar-refractivity contribution in [3.63, 3.8) is 0 Å². The van der Waals surface area contributed by atoms with Gasteiger partial charge in [-0.1, -0.05) is 6.92 Å². The van der Waals surface area contributed by atoms with Gasteiger partial charge in [0.1, 0.15) is 6.07 Å². The highest BCUT2D eigenvalue weighted by Gasteiger charge is 2.40. The van der Waals surface area contributed by atoms with E-state index in [1.807, 2.05) is 13.0 Å². The topological polar surface area (TPSA) is 47.3 Å². The summed E-state index contributed by atoms with van der Waals surface area (Å²) in [4.78, 5) is 1.77. The van der Waals surface area contributed by atoms with Crippen molar-refractivity contribution >= 4 is 21.6 Å². The zero-order valence-electron chi connectivity index (χ0n) is 9.37. The Morgan fingerprint density at radius 3 is 2.76 bits per heavy atom. The molecule has 1 aromatic rings. The SMILES string of the molecule is CCC1(O)CN(c2ccc(C#N)c(Br)c2F)C1. The molecule has 0 bridgehead atoms. The zero-order chi connectivity index (χ0) is 12.6. The number of hydrogen-bond acceptors (Lipinski definition) is 3. The lowest BCUT2D eigenvalue weighted by molar-refractivity contribution is 0.00817. The van der Waals surface area contributed by atoms with Crippen LogP contribution in [0.15, 0.2) is 16.6 Å². The van der Waals surface area contributed by atoms with Crippen LogP contribution in [0.25, 0.3) is 0 Å². The number of halogens is 2. The maximum absolute atomic E-state index is 14.0. The fraction of sp³-hybridized carbons (Fsp3) is 0.417. The molecule has 3 nitrogen and oxygen atoms in total. The number of anilines is 1. The van der Waals surface area contributed by atoms with E-state index in [4.69, 9.17) is 5.26 Å². The first-order valence-corrected chi connectivity index (χ1v) is 6.15. The Kier molecular flexibility index (Phi) is 3.11. The minimum Gasteiger partial charge on any atom is -0.386 e. The van der Waals surface area contributed by atoms with Crippen LogP contribution in [0.4, 0.5) is 10.1 Å². The van der Waals surface area contributed by atoms with Gasteiger partial charge < -0.3 is 10.0 Å². The van der Waals surface area contributed by atoms with Crippen molar-refractivity contribution < 1.29 is 9.50 Å². The number of nitriles is 1. The first-order chi connectivity index (χ1) is 8.00. The number of aliphatic hydroxyl groups is 1. The molecule has 0 aliphatic carbocycles. The van der Waals surface area contributed by atoms with Crippen LogP contribution in [0.3, 0.4) is 0 Å². The van der Waals surface area contributed by atoms with Gasteiger partial charge in [0.15, 0.2) is 5.82 Å². The average Bonchev–Trinajstić information content (AvgIpc) is 2.29. The molecule has 0 unspecified atom stereocenters. The van der Waals surface area contributed by atoms with Gasteiger partial charge in [-0.25, -0.2) is 4.39 Å². The summed E-state index contributed by atoms with van der Waals surface area (Å²) >= 11 is 3.07. The highest BCUT2D eigenvalue weighted by atomic mass is 79.9. The monoisotopic (exact) mass is 298 g/mol. The van der Waals surface area contributed by atoms with Gasteiger partial charge in [-0.2, -0.15) is 5.26 Å². The van der Waals surface area contributed by atoms with Crippen LogP contribution in [-0.4, -0.2) is 23.8 Å². The van der Waals surface area contributed by atoms with Crippen molar-refractivity contribution in [2.45, 2.75) is 18.9 Å². The van der Waals surface area contributed by atoms with E-state index in [-0.39, 0.29) is 10.0 Å². The molecule has 1 aliphatic rings. The number of β-amino-alcohol motifs (C(OH)–C–C–N with tert-alkyl or cyclic N) is 1. The van der Waals surface area contributed by atoms with E-state index in [1.165, 1.54) is 0 Å².